The average molecular weight is 377 g/mol. The third-order valence-electron chi connectivity index (χ3n) is 3.86. The van der Waals surface area contributed by atoms with Gasteiger partial charge >= 0.3 is 0 Å². The Morgan fingerprint density at radius 1 is 1.43 bits per heavy atom. The number of rotatable bonds is 4. The maximum atomic E-state index is 12.9. The normalized spacial score (nSPS) is 23.4. The molecule has 0 N–H and O–H groups in total. The number of halogens is 1. The van der Waals surface area contributed by atoms with Crippen LogP contribution in [0, 0.1) is 10.1 Å². The minimum atomic E-state index is -3.89. The monoisotopic (exact) mass is 376 g/mol. The molecular formula is C13H17BrN2O4S. The van der Waals surface area contributed by atoms with Crippen molar-refractivity contribution in [3.63, 3.8) is 0 Å². The summed E-state index contributed by atoms with van der Waals surface area (Å²) in [5.74, 6) is 0. The largest absolute Gasteiger partial charge is 0.289 e. The molecule has 0 amide bonds. The summed E-state index contributed by atoms with van der Waals surface area (Å²) in [6, 6.07) is 3.77. The van der Waals surface area contributed by atoms with E-state index in [1.807, 2.05) is 13.8 Å². The van der Waals surface area contributed by atoms with Gasteiger partial charge in [-0.05, 0) is 38.3 Å². The van der Waals surface area contributed by atoms with Gasteiger partial charge in [-0.25, -0.2) is 8.42 Å². The highest BCUT2D eigenvalue weighted by molar-refractivity contribution is 9.10. The van der Waals surface area contributed by atoms with Crippen LogP contribution < -0.4 is 0 Å². The van der Waals surface area contributed by atoms with Gasteiger partial charge in [0.15, 0.2) is 4.90 Å². The molecule has 0 radical (unpaired) electrons. The van der Waals surface area contributed by atoms with Crippen LogP contribution in [0.2, 0.25) is 0 Å². The molecule has 0 aromatic heterocycles. The highest BCUT2D eigenvalue weighted by Gasteiger charge is 2.41. The fourth-order valence-electron chi connectivity index (χ4n) is 2.82. The first-order chi connectivity index (χ1) is 9.78. The molecule has 2 rings (SSSR count). The van der Waals surface area contributed by atoms with E-state index in [0.717, 1.165) is 12.8 Å². The van der Waals surface area contributed by atoms with E-state index in [1.165, 1.54) is 22.5 Å². The number of sulfonamides is 1. The molecule has 0 saturated carbocycles. The third kappa shape index (κ3) is 2.97. The molecule has 21 heavy (non-hydrogen) atoms. The van der Waals surface area contributed by atoms with E-state index >= 15 is 0 Å². The predicted octanol–water partition coefficient (Wildman–Crippen LogP) is 3.31. The van der Waals surface area contributed by atoms with Crippen LogP contribution in [0.25, 0.3) is 0 Å². The SMILES string of the molecule is CCC1CCC(C)N1S(=O)(=O)c1cc(Br)ccc1[N+](=O)[O-]. The van der Waals surface area contributed by atoms with E-state index in [0.29, 0.717) is 10.9 Å². The highest BCUT2D eigenvalue weighted by atomic mass is 79.9. The second-order valence-electron chi connectivity index (χ2n) is 5.19. The van der Waals surface area contributed by atoms with Gasteiger partial charge in [0.2, 0.25) is 10.0 Å². The molecule has 0 aliphatic carbocycles. The maximum absolute atomic E-state index is 12.9. The lowest BCUT2D eigenvalue weighted by atomic mass is 10.2. The van der Waals surface area contributed by atoms with Gasteiger partial charge in [-0.1, -0.05) is 22.9 Å². The smallest absolute Gasteiger partial charge is 0.258 e. The number of benzene rings is 1. The molecule has 1 aliphatic heterocycles. The summed E-state index contributed by atoms with van der Waals surface area (Å²) in [7, 11) is -3.89. The molecule has 0 bridgehead atoms. The van der Waals surface area contributed by atoms with E-state index in [4.69, 9.17) is 0 Å². The van der Waals surface area contributed by atoms with Gasteiger partial charge in [0.1, 0.15) is 0 Å². The van der Waals surface area contributed by atoms with Crippen molar-refractivity contribution in [3.8, 4) is 0 Å². The van der Waals surface area contributed by atoms with Gasteiger partial charge in [-0.15, -0.1) is 0 Å². The molecule has 1 heterocycles. The van der Waals surface area contributed by atoms with Crippen LogP contribution in [-0.4, -0.2) is 29.7 Å². The standard InChI is InChI=1S/C13H17BrN2O4S/c1-3-11-6-4-9(2)15(11)21(19,20)13-8-10(14)5-7-12(13)16(17)18/h5,7-9,11H,3-4,6H2,1-2H3. The Bertz CT molecular complexity index is 662. The van der Waals surface area contributed by atoms with Crippen molar-refractivity contribution in [1.82, 2.24) is 4.31 Å². The molecule has 2 unspecified atom stereocenters. The van der Waals surface area contributed by atoms with Crippen LogP contribution in [0.4, 0.5) is 5.69 Å². The van der Waals surface area contributed by atoms with Gasteiger partial charge in [0, 0.05) is 22.6 Å². The summed E-state index contributed by atoms with van der Waals surface area (Å²) in [4.78, 5) is 10.2. The molecule has 1 aromatic rings. The van der Waals surface area contributed by atoms with Crippen molar-refractivity contribution in [2.45, 2.75) is 50.1 Å². The van der Waals surface area contributed by atoms with Crippen LogP contribution >= 0.6 is 15.9 Å². The van der Waals surface area contributed by atoms with Crippen LogP contribution in [0.3, 0.4) is 0 Å². The van der Waals surface area contributed by atoms with Crippen molar-refractivity contribution in [2.75, 3.05) is 0 Å². The van der Waals surface area contributed by atoms with Gasteiger partial charge in [0.25, 0.3) is 5.69 Å². The van der Waals surface area contributed by atoms with Crippen molar-refractivity contribution < 1.29 is 13.3 Å². The maximum Gasteiger partial charge on any atom is 0.289 e. The number of nitrogens with zero attached hydrogens (tertiary/aromatic N) is 2. The Kier molecular flexibility index (Phi) is 4.69. The Balaban J connectivity index is 2.59. The van der Waals surface area contributed by atoms with E-state index in [-0.39, 0.29) is 22.7 Å². The topological polar surface area (TPSA) is 80.5 Å². The summed E-state index contributed by atoms with van der Waals surface area (Å²) in [5, 5.41) is 11.1. The van der Waals surface area contributed by atoms with Crippen molar-refractivity contribution in [2.24, 2.45) is 0 Å². The zero-order chi connectivity index (χ0) is 15.8. The van der Waals surface area contributed by atoms with Gasteiger partial charge in [-0.2, -0.15) is 4.31 Å². The number of nitro groups is 1. The molecular weight excluding hydrogens is 360 g/mol. The van der Waals surface area contributed by atoms with Crippen LogP contribution in [0.1, 0.15) is 33.1 Å². The first-order valence-electron chi connectivity index (χ1n) is 6.76. The third-order valence-corrected chi connectivity index (χ3v) is 6.45. The predicted molar refractivity (Wildman–Crippen MR) is 82.6 cm³/mol. The number of nitro benzene ring substituents is 1. The fourth-order valence-corrected chi connectivity index (χ4v) is 5.47. The Hall–Kier alpha value is -0.990. The molecule has 2 atom stereocenters. The summed E-state index contributed by atoms with van der Waals surface area (Å²) < 4.78 is 27.7. The van der Waals surface area contributed by atoms with Gasteiger partial charge < -0.3 is 0 Å². The summed E-state index contributed by atoms with van der Waals surface area (Å²) in [5.41, 5.74) is -0.382. The summed E-state index contributed by atoms with van der Waals surface area (Å²) >= 11 is 3.19. The van der Waals surface area contributed by atoms with Crippen molar-refractivity contribution in [1.29, 1.82) is 0 Å². The number of hydrogen-bond acceptors (Lipinski definition) is 4. The molecule has 116 valence electrons. The van der Waals surface area contributed by atoms with Gasteiger partial charge in [-0.3, -0.25) is 10.1 Å². The average Bonchev–Trinajstić information content (AvgIpc) is 2.80. The van der Waals surface area contributed by atoms with E-state index in [1.54, 1.807) is 0 Å². The number of hydrogen-bond donors (Lipinski definition) is 0. The molecule has 1 aromatic carbocycles. The Morgan fingerprint density at radius 3 is 2.67 bits per heavy atom. The lowest BCUT2D eigenvalue weighted by Crippen LogP contribution is -2.39. The lowest BCUT2D eigenvalue weighted by Gasteiger charge is -2.26. The van der Waals surface area contributed by atoms with Crippen LogP contribution in [0.5, 0.6) is 0 Å². The lowest BCUT2D eigenvalue weighted by molar-refractivity contribution is -0.387. The second kappa shape index (κ2) is 6.02. The van der Waals surface area contributed by atoms with Crippen molar-refractivity contribution in [3.05, 3.63) is 32.8 Å². The molecule has 6 nitrogen and oxygen atoms in total. The fraction of sp³-hybridized carbons (Fsp3) is 0.538. The molecule has 8 heteroatoms. The highest BCUT2D eigenvalue weighted by Crippen LogP contribution is 2.36. The second-order valence-corrected chi connectivity index (χ2v) is 7.92. The van der Waals surface area contributed by atoms with E-state index in [9.17, 15) is 18.5 Å². The minimum Gasteiger partial charge on any atom is -0.258 e. The molecule has 1 fully saturated rings. The zero-order valence-electron chi connectivity index (χ0n) is 11.8. The minimum absolute atomic E-state index is 0.0939. The van der Waals surface area contributed by atoms with Crippen molar-refractivity contribution >= 4 is 31.6 Å². The van der Waals surface area contributed by atoms with Crippen LogP contribution in [0.15, 0.2) is 27.6 Å². The first kappa shape index (κ1) is 16.4. The Morgan fingerprint density at radius 2 is 2.10 bits per heavy atom. The zero-order valence-corrected chi connectivity index (χ0v) is 14.2. The molecule has 1 aliphatic rings. The Labute approximate surface area is 132 Å². The summed E-state index contributed by atoms with van der Waals surface area (Å²) in [6.07, 6.45) is 2.27. The van der Waals surface area contributed by atoms with Gasteiger partial charge in [0.05, 0.1) is 4.92 Å². The van der Waals surface area contributed by atoms with E-state index in [2.05, 4.69) is 15.9 Å². The molecule has 0 spiro atoms. The van der Waals surface area contributed by atoms with Crippen LogP contribution in [-0.2, 0) is 10.0 Å². The summed E-state index contributed by atoms with van der Waals surface area (Å²) in [6.45, 7) is 3.78. The van der Waals surface area contributed by atoms with E-state index < -0.39 is 14.9 Å². The first-order valence-corrected chi connectivity index (χ1v) is 8.99. The quantitative estimate of drug-likeness (QED) is 0.596. The molecule has 1 saturated heterocycles.